The molecule has 0 spiro atoms. The van der Waals surface area contributed by atoms with Crippen LogP contribution in [-0.2, 0) is 21.2 Å². The molecule has 0 aliphatic carbocycles. The first-order chi connectivity index (χ1) is 12.9. The van der Waals surface area contributed by atoms with E-state index in [1.165, 1.54) is 16.4 Å². The van der Waals surface area contributed by atoms with Gasteiger partial charge in [0.15, 0.2) is 0 Å². The zero-order valence-electron chi connectivity index (χ0n) is 16.2. The number of benzene rings is 1. The molecule has 1 heterocycles. The summed E-state index contributed by atoms with van der Waals surface area (Å²) < 4.78 is 67.4. The lowest BCUT2D eigenvalue weighted by Crippen LogP contribution is -2.51. The van der Waals surface area contributed by atoms with E-state index in [-0.39, 0.29) is 18.4 Å². The summed E-state index contributed by atoms with van der Waals surface area (Å²) in [4.78, 5) is 12.3. The van der Waals surface area contributed by atoms with Gasteiger partial charge >= 0.3 is 6.18 Å². The number of alkyl halides is 3. The Morgan fingerprint density at radius 3 is 2.32 bits per heavy atom. The van der Waals surface area contributed by atoms with Crippen molar-refractivity contribution >= 4 is 21.8 Å². The molecule has 6 nitrogen and oxygen atoms in total. The van der Waals surface area contributed by atoms with Crippen LogP contribution in [0.1, 0.15) is 32.8 Å². The van der Waals surface area contributed by atoms with Gasteiger partial charge in [-0.2, -0.15) is 30.2 Å². The third kappa shape index (κ3) is 5.45. The second-order valence-electron chi connectivity index (χ2n) is 7.29. The van der Waals surface area contributed by atoms with Crippen LogP contribution in [0.2, 0.25) is 0 Å². The molecule has 158 valence electrons. The minimum absolute atomic E-state index is 0.0376. The van der Waals surface area contributed by atoms with Crippen molar-refractivity contribution in [2.45, 2.75) is 33.4 Å². The molecular formula is C18H26F3N3O3S. The normalized spacial score (nSPS) is 21.7. The topological polar surface area (TPSA) is 69.7 Å². The Bertz CT molecular complexity index is 789. The van der Waals surface area contributed by atoms with E-state index in [2.05, 4.69) is 5.32 Å². The highest BCUT2D eigenvalue weighted by Gasteiger charge is 2.36. The first-order valence-corrected chi connectivity index (χ1v) is 10.6. The van der Waals surface area contributed by atoms with Crippen LogP contribution < -0.4 is 5.32 Å². The average Bonchev–Trinajstić information content (AvgIpc) is 2.58. The second kappa shape index (κ2) is 8.79. The molecule has 1 N–H and O–H groups in total. The number of anilines is 1. The molecule has 0 aromatic heterocycles. The molecule has 2 atom stereocenters. The summed E-state index contributed by atoms with van der Waals surface area (Å²) in [6, 6.07) is 4.59. The maximum atomic E-state index is 13.1. The largest absolute Gasteiger partial charge is 0.418 e. The van der Waals surface area contributed by atoms with Gasteiger partial charge in [0, 0.05) is 19.6 Å². The lowest BCUT2D eigenvalue weighted by atomic mass is 9.94. The van der Waals surface area contributed by atoms with Crippen LogP contribution >= 0.6 is 0 Å². The molecule has 28 heavy (non-hydrogen) atoms. The first-order valence-electron chi connectivity index (χ1n) is 9.16. The van der Waals surface area contributed by atoms with Crippen LogP contribution in [0.15, 0.2) is 24.3 Å². The number of nitrogens with one attached hydrogen (secondary N) is 1. The summed E-state index contributed by atoms with van der Waals surface area (Å²) in [7, 11) is -3.88. The van der Waals surface area contributed by atoms with E-state index in [0.29, 0.717) is 13.1 Å². The van der Waals surface area contributed by atoms with Crippen LogP contribution in [0.5, 0.6) is 0 Å². The van der Waals surface area contributed by atoms with Crippen molar-refractivity contribution < 1.29 is 26.4 Å². The van der Waals surface area contributed by atoms with Crippen molar-refractivity contribution in [1.29, 1.82) is 0 Å². The van der Waals surface area contributed by atoms with Gasteiger partial charge in [0.05, 0.1) is 17.8 Å². The van der Waals surface area contributed by atoms with Crippen molar-refractivity contribution in [2.24, 2.45) is 11.8 Å². The fraction of sp³-hybridized carbons (Fsp3) is 0.611. The fourth-order valence-electron chi connectivity index (χ4n) is 3.50. The minimum Gasteiger partial charge on any atom is -0.324 e. The Labute approximate surface area is 163 Å². The number of carbonyl (C=O) groups excluding carboxylic acids is 1. The maximum Gasteiger partial charge on any atom is 0.418 e. The minimum atomic E-state index is -4.62. The number of hydrogen-bond acceptors (Lipinski definition) is 3. The number of piperidine rings is 1. The first kappa shape index (κ1) is 22.6. The predicted octanol–water partition coefficient (Wildman–Crippen LogP) is 3.19. The van der Waals surface area contributed by atoms with Crippen LogP contribution in [0, 0.1) is 11.8 Å². The predicted molar refractivity (Wildman–Crippen MR) is 101 cm³/mol. The molecule has 0 unspecified atom stereocenters. The Balaban J connectivity index is 2.14. The van der Waals surface area contributed by atoms with Crippen molar-refractivity contribution in [3.05, 3.63) is 29.8 Å². The number of hydrogen-bond donors (Lipinski definition) is 1. The van der Waals surface area contributed by atoms with Gasteiger partial charge in [-0.05, 0) is 30.4 Å². The molecule has 1 saturated heterocycles. The quantitative estimate of drug-likeness (QED) is 0.767. The number of rotatable bonds is 6. The van der Waals surface area contributed by atoms with E-state index < -0.39 is 40.1 Å². The number of halogens is 3. The van der Waals surface area contributed by atoms with Crippen LogP contribution in [-0.4, -0.2) is 49.1 Å². The summed E-state index contributed by atoms with van der Waals surface area (Å²) in [5.41, 5.74) is -1.37. The number of carbonyl (C=O) groups is 1. The molecule has 1 fully saturated rings. The Morgan fingerprint density at radius 2 is 1.79 bits per heavy atom. The molecule has 1 aromatic carbocycles. The highest BCUT2D eigenvalue weighted by molar-refractivity contribution is 7.86. The second-order valence-corrected chi connectivity index (χ2v) is 9.22. The van der Waals surface area contributed by atoms with Crippen LogP contribution in [0.4, 0.5) is 18.9 Å². The molecule has 1 aromatic rings. The zero-order valence-corrected chi connectivity index (χ0v) is 17.0. The average molecular weight is 421 g/mol. The Kier molecular flexibility index (Phi) is 7.11. The summed E-state index contributed by atoms with van der Waals surface area (Å²) in [6.07, 6.45) is -3.70. The van der Waals surface area contributed by atoms with E-state index in [1.807, 2.05) is 13.8 Å². The monoisotopic (exact) mass is 421 g/mol. The molecule has 0 radical (unpaired) electrons. The van der Waals surface area contributed by atoms with Gasteiger partial charge in [-0.3, -0.25) is 4.79 Å². The van der Waals surface area contributed by atoms with E-state index in [0.717, 1.165) is 22.9 Å². The Morgan fingerprint density at radius 1 is 1.21 bits per heavy atom. The third-order valence-corrected chi connectivity index (χ3v) is 6.66. The van der Waals surface area contributed by atoms with Crippen molar-refractivity contribution in [3.63, 3.8) is 0 Å². The SMILES string of the molecule is CCN(CC(=O)Nc1ccccc1C(F)(F)F)S(=O)(=O)N1C[C@@H](C)C[C@H](C)C1. The lowest BCUT2D eigenvalue weighted by molar-refractivity contribution is -0.137. The fourth-order valence-corrected chi connectivity index (χ4v) is 5.32. The van der Waals surface area contributed by atoms with Crippen molar-refractivity contribution in [1.82, 2.24) is 8.61 Å². The molecule has 2 rings (SSSR count). The molecular weight excluding hydrogens is 395 g/mol. The van der Waals surface area contributed by atoms with Gasteiger partial charge in [-0.15, -0.1) is 0 Å². The summed E-state index contributed by atoms with van der Waals surface area (Å²) in [6.45, 7) is 5.74. The highest BCUT2D eigenvalue weighted by Crippen LogP contribution is 2.34. The number of para-hydroxylation sites is 1. The van der Waals surface area contributed by atoms with Gasteiger partial charge < -0.3 is 5.32 Å². The number of amides is 1. The van der Waals surface area contributed by atoms with Gasteiger partial charge in [0.1, 0.15) is 0 Å². The molecule has 10 heteroatoms. The number of likely N-dealkylation sites (N-methyl/N-ethyl adjacent to an activating group) is 1. The highest BCUT2D eigenvalue weighted by atomic mass is 32.2. The van der Waals surface area contributed by atoms with Crippen LogP contribution in [0.25, 0.3) is 0 Å². The summed E-state index contributed by atoms with van der Waals surface area (Å²) in [5, 5.41) is 2.19. The summed E-state index contributed by atoms with van der Waals surface area (Å²) in [5.74, 6) is -0.422. The van der Waals surface area contributed by atoms with Crippen LogP contribution in [0.3, 0.4) is 0 Å². The molecule has 1 aliphatic heterocycles. The van der Waals surface area contributed by atoms with Gasteiger partial charge in [-0.25, -0.2) is 0 Å². The van der Waals surface area contributed by atoms with E-state index >= 15 is 0 Å². The smallest absolute Gasteiger partial charge is 0.324 e. The third-order valence-electron chi connectivity index (χ3n) is 4.67. The molecule has 0 saturated carbocycles. The molecule has 0 bridgehead atoms. The van der Waals surface area contributed by atoms with Gasteiger partial charge in [0.2, 0.25) is 5.91 Å². The lowest BCUT2D eigenvalue weighted by Gasteiger charge is -2.36. The van der Waals surface area contributed by atoms with E-state index in [4.69, 9.17) is 0 Å². The maximum absolute atomic E-state index is 13.1. The summed E-state index contributed by atoms with van der Waals surface area (Å²) >= 11 is 0. The number of nitrogens with zero attached hydrogens (tertiary/aromatic N) is 2. The van der Waals surface area contributed by atoms with Crippen molar-refractivity contribution in [3.8, 4) is 0 Å². The van der Waals surface area contributed by atoms with Crippen molar-refractivity contribution in [2.75, 3.05) is 31.5 Å². The Hall–Kier alpha value is -1.65. The standard InChI is InChI=1S/C18H26F3N3O3S/c1-4-23(28(26,27)24-10-13(2)9-14(3)11-24)12-17(25)22-16-8-6-5-7-15(16)18(19,20)21/h5-8,13-14H,4,9-12H2,1-3H3,(H,22,25)/t13-,14-/m0/s1. The molecule has 1 amide bonds. The van der Waals surface area contributed by atoms with Gasteiger partial charge in [0.25, 0.3) is 10.2 Å². The van der Waals surface area contributed by atoms with E-state index in [1.54, 1.807) is 6.92 Å². The van der Waals surface area contributed by atoms with Gasteiger partial charge in [-0.1, -0.05) is 32.9 Å². The molecule has 1 aliphatic rings. The zero-order chi connectivity index (χ0) is 21.1. The van der Waals surface area contributed by atoms with E-state index in [9.17, 15) is 26.4 Å².